The highest BCUT2D eigenvalue weighted by atomic mass is 16.5. The Morgan fingerprint density at radius 1 is 0.750 bits per heavy atom. The summed E-state index contributed by atoms with van der Waals surface area (Å²) in [6.45, 7) is 5.74. The van der Waals surface area contributed by atoms with Gasteiger partial charge in [-0.1, -0.05) is 62.4 Å². The second-order valence-corrected chi connectivity index (χ2v) is 10.3. The van der Waals surface area contributed by atoms with Gasteiger partial charge in [0.25, 0.3) is 0 Å². The van der Waals surface area contributed by atoms with E-state index in [2.05, 4.69) is 54.3 Å². The largest absolute Gasteiger partial charge is 0.453 e. The van der Waals surface area contributed by atoms with Gasteiger partial charge in [-0.2, -0.15) is 0 Å². The molecule has 232 valence electrons. The number of rotatable bonds is 14. The van der Waals surface area contributed by atoms with Gasteiger partial charge in [-0.3, -0.25) is 9.59 Å². The van der Waals surface area contributed by atoms with Crippen LogP contribution in [0.3, 0.4) is 0 Å². The second-order valence-electron chi connectivity index (χ2n) is 10.3. The van der Waals surface area contributed by atoms with Gasteiger partial charge in [0, 0.05) is 13.1 Å². The Bertz CT molecular complexity index is 1530. The van der Waals surface area contributed by atoms with Crippen LogP contribution in [-0.4, -0.2) is 80.9 Å². The first-order valence-electron chi connectivity index (χ1n) is 14.7. The molecule has 12 heteroatoms. The molecule has 0 aliphatic rings. The fourth-order valence-electron chi connectivity index (χ4n) is 4.81. The van der Waals surface area contributed by atoms with Gasteiger partial charge >= 0.3 is 6.09 Å². The number of imidazole rings is 2. The van der Waals surface area contributed by atoms with Gasteiger partial charge in [0.15, 0.2) is 0 Å². The van der Waals surface area contributed by atoms with E-state index in [1.54, 1.807) is 22.2 Å². The summed E-state index contributed by atoms with van der Waals surface area (Å²) in [6, 6.07) is 16.4. The molecule has 0 unspecified atom stereocenters. The Balaban J connectivity index is 1.38. The van der Waals surface area contributed by atoms with E-state index in [4.69, 9.17) is 5.73 Å². The molecule has 0 atom stereocenters. The van der Waals surface area contributed by atoms with Crippen LogP contribution in [0.1, 0.15) is 38.3 Å². The number of benzene rings is 2. The third-order valence-corrected chi connectivity index (χ3v) is 7.10. The van der Waals surface area contributed by atoms with Gasteiger partial charge < -0.3 is 35.6 Å². The molecule has 4 aromatic rings. The van der Waals surface area contributed by atoms with Crippen molar-refractivity contribution in [1.29, 1.82) is 0 Å². The van der Waals surface area contributed by atoms with Crippen molar-refractivity contribution in [1.82, 2.24) is 35.1 Å². The van der Waals surface area contributed by atoms with Crippen molar-refractivity contribution in [2.45, 2.75) is 39.8 Å². The van der Waals surface area contributed by atoms with Crippen LogP contribution < -0.4 is 11.1 Å². The Kier molecular flexibility index (Phi) is 11.2. The molecule has 5 N–H and O–H groups in total. The minimum absolute atomic E-state index is 0.0160. The number of methoxy groups -OCH3 is 1. The van der Waals surface area contributed by atoms with Crippen molar-refractivity contribution in [3.05, 3.63) is 72.6 Å². The summed E-state index contributed by atoms with van der Waals surface area (Å²) in [7, 11) is 1.26. The van der Waals surface area contributed by atoms with Crippen molar-refractivity contribution in [2.75, 3.05) is 33.3 Å². The van der Waals surface area contributed by atoms with Crippen molar-refractivity contribution >= 4 is 17.9 Å². The molecule has 0 fully saturated rings. The number of carbonyl (C=O) groups excluding carboxylic acids is 3. The SMILES string of the molecule is CCCN(Cc1ncc(-c2ccc(-c3ccc(-c4cnc(CN(CCC)C(=O)CNC(=O)OC)[nH]4)cc3)cc2)[nH]1)C(=O)CN. The van der Waals surface area contributed by atoms with E-state index in [0.717, 1.165) is 52.3 Å². The fraction of sp³-hybridized carbons (Fsp3) is 0.344. The molecule has 44 heavy (non-hydrogen) atoms. The number of hydrogen-bond acceptors (Lipinski definition) is 7. The van der Waals surface area contributed by atoms with Crippen LogP contribution in [0.4, 0.5) is 4.79 Å². The van der Waals surface area contributed by atoms with Gasteiger partial charge in [0.1, 0.15) is 18.2 Å². The Labute approximate surface area is 257 Å². The highest BCUT2D eigenvalue weighted by Crippen LogP contribution is 2.27. The Morgan fingerprint density at radius 3 is 1.59 bits per heavy atom. The standard InChI is InChI=1S/C32H40N8O4/c1-4-14-39(30(41)16-33)20-28-34-17-26(37-28)24-10-6-22(7-11-24)23-8-12-25(13-9-23)27-18-35-29(38-27)21-40(15-5-2)31(42)19-36-32(43)44-3/h6-13,17-18H,4-5,14-16,19-21,33H2,1-3H3,(H,34,37)(H,35,38)(H,36,43). The zero-order chi connectivity index (χ0) is 31.5. The molecule has 2 aromatic heterocycles. The van der Waals surface area contributed by atoms with Crippen molar-refractivity contribution in [3.8, 4) is 33.6 Å². The van der Waals surface area contributed by atoms with Crippen LogP contribution >= 0.6 is 0 Å². The van der Waals surface area contributed by atoms with E-state index in [9.17, 15) is 14.4 Å². The third kappa shape index (κ3) is 8.32. The number of amides is 3. The van der Waals surface area contributed by atoms with Gasteiger partial charge in [0.2, 0.25) is 11.8 Å². The number of H-pyrrole nitrogens is 2. The monoisotopic (exact) mass is 600 g/mol. The summed E-state index contributed by atoms with van der Waals surface area (Å²) in [5.41, 5.74) is 11.4. The lowest BCUT2D eigenvalue weighted by molar-refractivity contribution is -0.131. The van der Waals surface area contributed by atoms with E-state index in [1.165, 1.54) is 7.11 Å². The van der Waals surface area contributed by atoms with Crippen molar-refractivity contribution < 1.29 is 19.1 Å². The highest BCUT2D eigenvalue weighted by molar-refractivity contribution is 5.82. The van der Waals surface area contributed by atoms with Gasteiger partial charge in [-0.05, 0) is 35.1 Å². The first kappa shape index (κ1) is 32.0. The number of nitrogens with two attached hydrogens (primary N) is 1. The Morgan fingerprint density at radius 2 is 1.18 bits per heavy atom. The molecule has 0 saturated carbocycles. The molecular weight excluding hydrogens is 560 g/mol. The van der Waals surface area contributed by atoms with E-state index >= 15 is 0 Å². The van der Waals surface area contributed by atoms with E-state index < -0.39 is 6.09 Å². The average Bonchev–Trinajstić information content (AvgIpc) is 3.73. The lowest BCUT2D eigenvalue weighted by atomic mass is 10.0. The molecule has 0 spiro atoms. The number of nitrogens with one attached hydrogen (secondary N) is 3. The number of aromatic amines is 2. The van der Waals surface area contributed by atoms with Crippen LogP contribution in [0, 0.1) is 0 Å². The van der Waals surface area contributed by atoms with Gasteiger partial charge in [-0.25, -0.2) is 14.8 Å². The molecule has 0 aliphatic carbocycles. The predicted octanol–water partition coefficient (Wildman–Crippen LogP) is 3.93. The molecule has 0 bridgehead atoms. The molecule has 12 nitrogen and oxygen atoms in total. The van der Waals surface area contributed by atoms with E-state index in [0.29, 0.717) is 32.0 Å². The number of carbonyl (C=O) groups is 3. The van der Waals surface area contributed by atoms with Crippen LogP contribution in [0.25, 0.3) is 33.6 Å². The molecule has 0 saturated heterocycles. The number of ether oxygens (including phenoxy) is 1. The van der Waals surface area contributed by atoms with Crippen LogP contribution in [0.15, 0.2) is 60.9 Å². The zero-order valence-corrected chi connectivity index (χ0v) is 25.4. The topological polar surface area (TPSA) is 162 Å². The van der Waals surface area contributed by atoms with Crippen molar-refractivity contribution in [3.63, 3.8) is 0 Å². The molecule has 0 radical (unpaired) electrons. The molecule has 4 rings (SSSR count). The lowest BCUT2D eigenvalue weighted by Crippen LogP contribution is -2.40. The number of nitrogens with zero attached hydrogens (tertiary/aromatic N) is 4. The minimum Gasteiger partial charge on any atom is -0.453 e. The number of aromatic nitrogens is 4. The molecular formula is C32H40N8O4. The summed E-state index contributed by atoms with van der Waals surface area (Å²) in [6.07, 6.45) is 4.52. The predicted molar refractivity (Wildman–Crippen MR) is 168 cm³/mol. The third-order valence-electron chi connectivity index (χ3n) is 7.10. The smallest absolute Gasteiger partial charge is 0.407 e. The molecule has 3 amide bonds. The van der Waals surface area contributed by atoms with E-state index in [1.807, 2.05) is 38.1 Å². The molecule has 2 heterocycles. The Hall–Kier alpha value is -4.97. The highest BCUT2D eigenvalue weighted by Gasteiger charge is 2.17. The average molecular weight is 601 g/mol. The minimum atomic E-state index is -0.644. The summed E-state index contributed by atoms with van der Waals surface area (Å²) in [5.74, 6) is 1.07. The molecule has 2 aromatic carbocycles. The maximum atomic E-state index is 12.6. The summed E-state index contributed by atoms with van der Waals surface area (Å²) in [4.78, 5) is 55.0. The van der Waals surface area contributed by atoms with Crippen LogP contribution in [0.5, 0.6) is 0 Å². The van der Waals surface area contributed by atoms with Gasteiger partial charge in [-0.15, -0.1) is 0 Å². The normalized spacial score (nSPS) is 10.8. The van der Waals surface area contributed by atoms with Gasteiger partial charge in [0.05, 0.1) is 50.5 Å². The second kappa shape index (κ2) is 15.5. The first-order valence-corrected chi connectivity index (χ1v) is 14.7. The fourth-order valence-corrected chi connectivity index (χ4v) is 4.81. The first-order chi connectivity index (χ1) is 21.3. The van der Waals surface area contributed by atoms with Crippen molar-refractivity contribution in [2.24, 2.45) is 5.73 Å². The quantitative estimate of drug-likeness (QED) is 0.170. The van der Waals surface area contributed by atoms with Crippen LogP contribution in [-0.2, 0) is 27.4 Å². The summed E-state index contributed by atoms with van der Waals surface area (Å²) < 4.78 is 4.54. The number of hydrogen-bond donors (Lipinski definition) is 4. The van der Waals surface area contributed by atoms with Crippen LogP contribution in [0.2, 0.25) is 0 Å². The maximum Gasteiger partial charge on any atom is 0.407 e. The zero-order valence-electron chi connectivity index (χ0n) is 25.4. The number of alkyl carbamates (subject to hydrolysis) is 1. The van der Waals surface area contributed by atoms with E-state index in [-0.39, 0.29) is 24.9 Å². The lowest BCUT2D eigenvalue weighted by Gasteiger charge is -2.21. The summed E-state index contributed by atoms with van der Waals surface area (Å²) in [5, 5.41) is 2.43. The maximum absolute atomic E-state index is 12.6. The summed E-state index contributed by atoms with van der Waals surface area (Å²) >= 11 is 0. The molecule has 0 aliphatic heterocycles.